The zero-order chi connectivity index (χ0) is 14.7. The Labute approximate surface area is 130 Å². The topological polar surface area (TPSA) is 32.8 Å². The Morgan fingerprint density at radius 3 is 2.52 bits per heavy atom. The standard InChI is InChI=1S/C16H21ClN2O2/c17-14-5-3-13(4-6-14)12-18-7-9-19(10-8-18)16(20)15-2-1-11-21-15/h3-6,15H,1-2,7-12H2. The van der Waals surface area contributed by atoms with Gasteiger partial charge in [0.25, 0.3) is 5.91 Å². The summed E-state index contributed by atoms with van der Waals surface area (Å²) in [6, 6.07) is 7.97. The van der Waals surface area contributed by atoms with Crippen molar-refractivity contribution in [3.63, 3.8) is 0 Å². The van der Waals surface area contributed by atoms with Gasteiger partial charge in [0, 0.05) is 44.4 Å². The van der Waals surface area contributed by atoms with Gasteiger partial charge in [-0.25, -0.2) is 0 Å². The molecule has 114 valence electrons. The first-order chi connectivity index (χ1) is 10.2. The number of halogens is 1. The van der Waals surface area contributed by atoms with Gasteiger partial charge in [-0.3, -0.25) is 9.69 Å². The molecule has 1 unspecified atom stereocenters. The molecule has 1 aromatic carbocycles. The van der Waals surface area contributed by atoms with E-state index in [9.17, 15) is 4.79 Å². The summed E-state index contributed by atoms with van der Waals surface area (Å²) in [6.07, 6.45) is 1.70. The van der Waals surface area contributed by atoms with Crippen LogP contribution in [0.25, 0.3) is 0 Å². The summed E-state index contributed by atoms with van der Waals surface area (Å²) in [5.41, 5.74) is 1.26. The third-order valence-corrected chi connectivity index (χ3v) is 4.46. The molecule has 3 rings (SSSR count). The molecular formula is C16H21ClN2O2. The second kappa shape index (κ2) is 6.77. The van der Waals surface area contributed by atoms with Crippen molar-refractivity contribution < 1.29 is 9.53 Å². The molecule has 2 heterocycles. The fraction of sp³-hybridized carbons (Fsp3) is 0.562. The van der Waals surface area contributed by atoms with Crippen LogP contribution in [0, 0.1) is 0 Å². The summed E-state index contributed by atoms with van der Waals surface area (Å²) in [6.45, 7) is 5.08. The Bertz CT molecular complexity index is 478. The van der Waals surface area contributed by atoms with Crippen LogP contribution >= 0.6 is 11.6 Å². The highest BCUT2D eigenvalue weighted by atomic mass is 35.5. The lowest BCUT2D eigenvalue weighted by Gasteiger charge is -2.35. The minimum absolute atomic E-state index is 0.179. The number of nitrogens with zero attached hydrogens (tertiary/aromatic N) is 2. The van der Waals surface area contributed by atoms with E-state index in [1.54, 1.807) is 0 Å². The van der Waals surface area contributed by atoms with Crippen molar-refractivity contribution in [3.8, 4) is 0 Å². The Morgan fingerprint density at radius 2 is 1.90 bits per heavy atom. The van der Waals surface area contributed by atoms with Crippen LogP contribution in [0.4, 0.5) is 0 Å². The van der Waals surface area contributed by atoms with Gasteiger partial charge in [0.05, 0.1) is 0 Å². The van der Waals surface area contributed by atoms with E-state index < -0.39 is 0 Å². The zero-order valence-electron chi connectivity index (χ0n) is 12.1. The lowest BCUT2D eigenvalue weighted by Crippen LogP contribution is -2.51. The van der Waals surface area contributed by atoms with Crippen molar-refractivity contribution in [1.29, 1.82) is 0 Å². The van der Waals surface area contributed by atoms with Crippen LogP contribution in [0.15, 0.2) is 24.3 Å². The number of carbonyl (C=O) groups is 1. The van der Waals surface area contributed by atoms with Gasteiger partial charge in [0.2, 0.25) is 0 Å². The maximum atomic E-state index is 12.3. The molecule has 0 bridgehead atoms. The van der Waals surface area contributed by atoms with E-state index in [2.05, 4.69) is 17.0 Å². The van der Waals surface area contributed by atoms with Crippen LogP contribution in [-0.4, -0.2) is 54.6 Å². The molecule has 0 saturated carbocycles. The molecular weight excluding hydrogens is 288 g/mol. The smallest absolute Gasteiger partial charge is 0.251 e. The second-order valence-electron chi connectivity index (χ2n) is 5.73. The van der Waals surface area contributed by atoms with Gasteiger partial charge in [-0.1, -0.05) is 23.7 Å². The molecule has 1 atom stereocenters. The minimum Gasteiger partial charge on any atom is -0.368 e. The highest BCUT2D eigenvalue weighted by Gasteiger charge is 2.30. The summed E-state index contributed by atoms with van der Waals surface area (Å²) in [4.78, 5) is 16.6. The Balaban J connectivity index is 1.48. The number of hydrogen-bond acceptors (Lipinski definition) is 3. The van der Waals surface area contributed by atoms with Crippen molar-refractivity contribution >= 4 is 17.5 Å². The third kappa shape index (κ3) is 3.76. The number of carbonyl (C=O) groups excluding carboxylic acids is 1. The van der Waals surface area contributed by atoms with E-state index in [0.717, 1.165) is 57.2 Å². The number of hydrogen-bond donors (Lipinski definition) is 0. The molecule has 4 nitrogen and oxygen atoms in total. The van der Waals surface area contributed by atoms with Crippen molar-refractivity contribution in [2.75, 3.05) is 32.8 Å². The molecule has 0 aliphatic carbocycles. The number of amides is 1. The van der Waals surface area contributed by atoms with E-state index in [1.165, 1.54) is 5.56 Å². The fourth-order valence-electron chi connectivity index (χ4n) is 2.95. The predicted molar refractivity (Wildman–Crippen MR) is 82.3 cm³/mol. The number of benzene rings is 1. The van der Waals surface area contributed by atoms with Crippen molar-refractivity contribution in [2.45, 2.75) is 25.5 Å². The minimum atomic E-state index is -0.187. The molecule has 0 aromatic heterocycles. The van der Waals surface area contributed by atoms with Gasteiger partial charge < -0.3 is 9.64 Å². The van der Waals surface area contributed by atoms with Crippen LogP contribution in [0.3, 0.4) is 0 Å². The fourth-order valence-corrected chi connectivity index (χ4v) is 3.08. The second-order valence-corrected chi connectivity index (χ2v) is 6.17. The quantitative estimate of drug-likeness (QED) is 0.858. The van der Waals surface area contributed by atoms with Crippen LogP contribution in [0.2, 0.25) is 5.02 Å². The summed E-state index contributed by atoms with van der Waals surface area (Å²) in [5, 5.41) is 0.769. The zero-order valence-corrected chi connectivity index (χ0v) is 12.9. The van der Waals surface area contributed by atoms with Gasteiger partial charge >= 0.3 is 0 Å². The summed E-state index contributed by atoms with van der Waals surface area (Å²) in [5.74, 6) is 0.179. The monoisotopic (exact) mass is 308 g/mol. The summed E-state index contributed by atoms with van der Waals surface area (Å²) >= 11 is 5.90. The predicted octanol–water partition coefficient (Wildman–Crippen LogP) is 2.16. The molecule has 5 heteroatoms. The van der Waals surface area contributed by atoms with Crippen LogP contribution in [0.5, 0.6) is 0 Å². The van der Waals surface area contributed by atoms with Crippen LogP contribution < -0.4 is 0 Å². The molecule has 1 aromatic rings. The van der Waals surface area contributed by atoms with E-state index in [0.29, 0.717) is 0 Å². The Hall–Kier alpha value is -1.10. The average molecular weight is 309 g/mol. The van der Waals surface area contributed by atoms with E-state index in [-0.39, 0.29) is 12.0 Å². The van der Waals surface area contributed by atoms with Gasteiger partial charge in [0.15, 0.2) is 0 Å². The first-order valence-corrected chi connectivity index (χ1v) is 7.97. The number of piperazine rings is 1. The highest BCUT2D eigenvalue weighted by molar-refractivity contribution is 6.30. The number of rotatable bonds is 3. The molecule has 0 N–H and O–H groups in total. The van der Waals surface area contributed by atoms with Gasteiger partial charge in [-0.2, -0.15) is 0 Å². The van der Waals surface area contributed by atoms with Crippen molar-refractivity contribution in [3.05, 3.63) is 34.9 Å². The van der Waals surface area contributed by atoms with Crippen LogP contribution in [0.1, 0.15) is 18.4 Å². The van der Waals surface area contributed by atoms with E-state index in [4.69, 9.17) is 16.3 Å². The molecule has 2 aliphatic heterocycles. The average Bonchev–Trinajstić information content (AvgIpc) is 3.04. The molecule has 2 fully saturated rings. The summed E-state index contributed by atoms with van der Waals surface area (Å²) < 4.78 is 5.48. The van der Waals surface area contributed by atoms with Gasteiger partial charge in [0.1, 0.15) is 6.10 Å². The lowest BCUT2D eigenvalue weighted by atomic mass is 10.1. The highest BCUT2D eigenvalue weighted by Crippen LogP contribution is 2.17. The molecule has 0 radical (unpaired) electrons. The normalized spacial score (nSPS) is 23.5. The maximum absolute atomic E-state index is 12.3. The first-order valence-electron chi connectivity index (χ1n) is 7.59. The van der Waals surface area contributed by atoms with Gasteiger partial charge in [-0.05, 0) is 30.5 Å². The van der Waals surface area contributed by atoms with Crippen molar-refractivity contribution in [2.24, 2.45) is 0 Å². The van der Waals surface area contributed by atoms with Crippen LogP contribution in [-0.2, 0) is 16.1 Å². The van der Waals surface area contributed by atoms with E-state index in [1.807, 2.05) is 17.0 Å². The number of ether oxygens (including phenoxy) is 1. The summed E-state index contributed by atoms with van der Waals surface area (Å²) in [7, 11) is 0. The third-order valence-electron chi connectivity index (χ3n) is 4.21. The van der Waals surface area contributed by atoms with Crippen molar-refractivity contribution in [1.82, 2.24) is 9.80 Å². The molecule has 0 spiro atoms. The molecule has 2 aliphatic rings. The Morgan fingerprint density at radius 1 is 1.19 bits per heavy atom. The SMILES string of the molecule is O=C(C1CCCO1)N1CCN(Cc2ccc(Cl)cc2)CC1. The largest absolute Gasteiger partial charge is 0.368 e. The van der Waals surface area contributed by atoms with E-state index >= 15 is 0 Å². The molecule has 1 amide bonds. The first kappa shape index (κ1) is 14.8. The van der Waals surface area contributed by atoms with Gasteiger partial charge in [-0.15, -0.1) is 0 Å². The lowest BCUT2D eigenvalue weighted by molar-refractivity contribution is -0.142. The molecule has 2 saturated heterocycles. The molecule has 21 heavy (non-hydrogen) atoms. The Kier molecular flexibility index (Phi) is 4.78. The maximum Gasteiger partial charge on any atom is 0.251 e.